The first-order valence-corrected chi connectivity index (χ1v) is 6.76. The molecule has 1 aromatic carbocycles. The van der Waals surface area contributed by atoms with Crippen molar-refractivity contribution in [1.82, 2.24) is 5.32 Å². The monoisotopic (exact) mass is 298 g/mol. The quantitative estimate of drug-likeness (QED) is 0.476. The Morgan fingerprint density at radius 1 is 1.50 bits per heavy atom. The van der Waals surface area contributed by atoms with Gasteiger partial charge in [0.1, 0.15) is 10.6 Å². The van der Waals surface area contributed by atoms with Crippen LogP contribution in [0.15, 0.2) is 18.2 Å². The van der Waals surface area contributed by atoms with E-state index in [1.54, 1.807) is 0 Å². The fourth-order valence-corrected chi connectivity index (χ4v) is 1.99. The highest BCUT2D eigenvalue weighted by Gasteiger charge is 2.23. The van der Waals surface area contributed by atoms with Crippen LogP contribution in [0, 0.1) is 16.0 Å². The van der Waals surface area contributed by atoms with Crippen molar-refractivity contribution in [2.75, 3.05) is 19.8 Å². The number of halogens is 1. The Morgan fingerprint density at radius 2 is 2.25 bits per heavy atom. The van der Waals surface area contributed by atoms with Crippen LogP contribution in [-0.2, 0) is 4.74 Å². The summed E-state index contributed by atoms with van der Waals surface area (Å²) in [7, 11) is 0. The van der Waals surface area contributed by atoms with Crippen molar-refractivity contribution in [3.05, 3.63) is 38.9 Å². The van der Waals surface area contributed by atoms with Gasteiger partial charge in [0.15, 0.2) is 0 Å². The van der Waals surface area contributed by atoms with Gasteiger partial charge in [0.2, 0.25) is 0 Å². The SMILES string of the molecule is O=C(NCCOCC1CC1)c1cccc(Cl)c1[N+](=O)[O-]. The summed E-state index contributed by atoms with van der Waals surface area (Å²) in [5.41, 5.74) is -0.407. The molecule has 0 saturated heterocycles. The van der Waals surface area contributed by atoms with E-state index in [0.29, 0.717) is 25.7 Å². The summed E-state index contributed by atoms with van der Waals surface area (Å²) in [6, 6.07) is 4.27. The molecule has 0 unspecified atom stereocenters. The third kappa shape index (κ3) is 3.91. The fraction of sp³-hybridized carbons (Fsp3) is 0.462. The molecular formula is C13H15ClN2O4. The van der Waals surface area contributed by atoms with Crippen molar-refractivity contribution in [2.45, 2.75) is 12.8 Å². The number of nitrogens with one attached hydrogen (secondary N) is 1. The molecule has 1 aliphatic carbocycles. The van der Waals surface area contributed by atoms with Crippen LogP contribution in [0.25, 0.3) is 0 Å². The molecule has 0 aromatic heterocycles. The van der Waals surface area contributed by atoms with Crippen molar-refractivity contribution in [2.24, 2.45) is 5.92 Å². The number of rotatable bonds is 7. The molecule has 1 aliphatic rings. The summed E-state index contributed by atoms with van der Waals surface area (Å²) in [6.07, 6.45) is 2.42. The minimum Gasteiger partial charge on any atom is -0.379 e. The van der Waals surface area contributed by atoms with Gasteiger partial charge >= 0.3 is 5.69 Å². The number of nitro benzene ring substituents is 1. The summed E-state index contributed by atoms with van der Waals surface area (Å²) >= 11 is 5.75. The number of nitro groups is 1. The average Bonchev–Trinajstić information content (AvgIpc) is 3.21. The van der Waals surface area contributed by atoms with Crippen molar-refractivity contribution in [3.63, 3.8) is 0 Å². The predicted octanol–water partition coefficient (Wildman–Crippen LogP) is 2.40. The Labute approximate surface area is 121 Å². The zero-order valence-corrected chi connectivity index (χ0v) is 11.6. The second-order valence-electron chi connectivity index (χ2n) is 4.67. The standard InChI is InChI=1S/C13H15ClN2O4/c14-11-3-1-2-10(12(11)16(18)19)13(17)15-6-7-20-8-9-4-5-9/h1-3,9H,4-8H2,(H,15,17). The average molecular weight is 299 g/mol. The van der Waals surface area contributed by atoms with E-state index in [0.717, 1.165) is 0 Å². The molecule has 0 spiro atoms. The normalized spacial score (nSPS) is 14.1. The maximum absolute atomic E-state index is 11.9. The van der Waals surface area contributed by atoms with E-state index < -0.39 is 10.8 Å². The van der Waals surface area contributed by atoms with Gasteiger partial charge in [-0.05, 0) is 30.9 Å². The minimum absolute atomic E-state index is 0.0373. The Bertz CT molecular complexity index is 517. The Hall–Kier alpha value is -1.66. The van der Waals surface area contributed by atoms with E-state index >= 15 is 0 Å². The van der Waals surface area contributed by atoms with Crippen LogP contribution in [0.5, 0.6) is 0 Å². The van der Waals surface area contributed by atoms with E-state index in [4.69, 9.17) is 16.3 Å². The Morgan fingerprint density at radius 3 is 2.90 bits per heavy atom. The number of nitrogens with zero attached hydrogens (tertiary/aromatic N) is 1. The van der Waals surface area contributed by atoms with Crippen LogP contribution in [-0.4, -0.2) is 30.6 Å². The second kappa shape index (κ2) is 6.67. The first-order valence-electron chi connectivity index (χ1n) is 6.38. The summed E-state index contributed by atoms with van der Waals surface area (Å²) in [6.45, 7) is 1.43. The van der Waals surface area contributed by atoms with Gasteiger partial charge in [-0.25, -0.2) is 0 Å². The molecule has 1 amide bonds. The van der Waals surface area contributed by atoms with Crippen LogP contribution in [0.1, 0.15) is 23.2 Å². The lowest BCUT2D eigenvalue weighted by Gasteiger charge is -2.07. The van der Waals surface area contributed by atoms with Crippen molar-refractivity contribution < 1.29 is 14.5 Å². The first kappa shape index (κ1) is 14.7. The van der Waals surface area contributed by atoms with Gasteiger partial charge in [-0.1, -0.05) is 17.7 Å². The van der Waals surface area contributed by atoms with Gasteiger partial charge in [-0.3, -0.25) is 14.9 Å². The lowest BCUT2D eigenvalue weighted by Crippen LogP contribution is -2.28. The molecule has 7 heteroatoms. The molecule has 6 nitrogen and oxygen atoms in total. The number of hydrogen-bond donors (Lipinski definition) is 1. The van der Waals surface area contributed by atoms with Crippen LogP contribution in [0.4, 0.5) is 5.69 Å². The first-order chi connectivity index (χ1) is 9.59. The van der Waals surface area contributed by atoms with Gasteiger partial charge in [0, 0.05) is 13.2 Å². The maximum atomic E-state index is 11.9. The van der Waals surface area contributed by atoms with Crippen LogP contribution in [0.2, 0.25) is 5.02 Å². The molecule has 0 radical (unpaired) electrons. The van der Waals surface area contributed by atoms with Crippen molar-refractivity contribution in [1.29, 1.82) is 0 Å². The summed E-state index contributed by atoms with van der Waals surface area (Å²) < 4.78 is 5.37. The Kier molecular flexibility index (Phi) is 4.92. The van der Waals surface area contributed by atoms with Crippen molar-refractivity contribution in [3.8, 4) is 0 Å². The molecule has 108 valence electrons. The highest BCUT2D eigenvalue weighted by atomic mass is 35.5. The summed E-state index contributed by atoms with van der Waals surface area (Å²) in [5, 5.41) is 13.5. The second-order valence-corrected chi connectivity index (χ2v) is 5.07. The van der Waals surface area contributed by atoms with Crippen LogP contribution in [0.3, 0.4) is 0 Å². The lowest BCUT2D eigenvalue weighted by atomic mass is 10.1. The number of para-hydroxylation sites is 1. The highest BCUT2D eigenvalue weighted by molar-refractivity contribution is 6.33. The lowest BCUT2D eigenvalue weighted by molar-refractivity contribution is -0.385. The van der Waals surface area contributed by atoms with E-state index in [2.05, 4.69) is 5.32 Å². The smallest absolute Gasteiger partial charge is 0.300 e. The molecule has 0 atom stereocenters. The molecule has 1 aromatic rings. The molecule has 1 fully saturated rings. The molecule has 1 N–H and O–H groups in total. The van der Waals surface area contributed by atoms with Crippen LogP contribution < -0.4 is 5.32 Å². The molecule has 2 rings (SSSR count). The summed E-state index contributed by atoms with van der Waals surface area (Å²) in [5.74, 6) is 0.147. The van der Waals surface area contributed by atoms with E-state index in [1.807, 2.05) is 0 Å². The number of carbonyl (C=O) groups is 1. The number of carbonyl (C=O) groups excluding carboxylic acids is 1. The molecule has 20 heavy (non-hydrogen) atoms. The summed E-state index contributed by atoms with van der Waals surface area (Å²) in [4.78, 5) is 22.2. The van der Waals surface area contributed by atoms with E-state index in [9.17, 15) is 14.9 Å². The minimum atomic E-state index is -0.652. The molecule has 0 bridgehead atoms. The van der Waals surface area contributed by atoms with Gasteiger partial charge in [-0.15, -0.1) is 0 Å². The number of hydrogen-bond acceptors (Lipinski definition) is 4. The fourth-order valence-electron chi connectivity index (χ4n) is 1.75. The molecular weight excluding hydrogens is 284 g/mol. The van der Waals surface area contributed by atoms with E-state index in [-0.39, 0.29) is 16.3 Å². The molecule has 1 saturated carbocycles. The zero-order valence-electron chi connectivity index (χ0n) is 10.8. The largest absolute Gasteiger partial charge is 0.379 e. The van der Waals surface area contributed by atoms with E-state index in [1.165, 1.54) is 31.0 Å². The third-order valence-electron chi connectivity index (χ3n) is 3.00. The number of ether oxygens (including phenoxy) is 1. The van der Waals surface area contributed by atoms with Gasteiger partial charge < -0.3 is 10.1 Å². The number of amides is 1. The third-order valence-corrected chi connectivity index (χ3v) is 3.30. The van der Waals surface area contributed by atoms with Gasteiger partial charge in [0.05, 0.1) is 11.5 Å². The van der Waals surface area contributed by atoms with Crippen molar-refractivity contribution >= 4 is 23.2 Å². The topological polar surface area (TPSA) is 81.5 Å². The predicted molar refractivity (Wildman–Crippen MR) is 74.0 cm³/mol. The van der Waals surface area contributed by atoms with Gasteiger partial charge in [0.25, 0.3) is 5.91 Å². The highest BCUT2D eigenvalue weighted by Crippen LogP contribution is 2.29. The zero-order chi connectivity index (χ0) is 14.5. The number of benzene rings is 1. The Balaban J connectivity index is 1.87. The van der Waals surface area contributed by atoms with Gasteiger partial charge in [-0.2, -0.15) is 0 Å². The van der Waals surface area contributed by atoms with Crippen LogP contribution >= 0.6 is 11.6 Å². The maximum Gasteiger partial charge on any atom is 0.300 e. The molecule has 0 heterocycles. The molecule has 0 aliphatic heterocycles.